The van der Waals surface area contributed by atoms with E-state index in [1.54, 1.807) is 0 Å². The van der Waals surface area contributed by atoms with Crippen molar-refractivity contribution in [2.24, 2.45) is 0 Å². The molecule has 0 bridgehead atoms. The highest BCUT2D eigenvalue weighted by molar-refractivity contribution is 7.99. The fourth-order valence-electron chi connectivity index (χ4n) is 2.98. The van der Waals surface area contributed by atoms with Crippen LogP contribution in [0.15, 0.2) is 42.5 Å². The predicted molar refractivity (Wildman–Crippen MR) is 94.1 cm³/mol. The van der Waals surface area contributed by atoms with Gasteiger partial charge in [-0.2, -0.15) is 11.8 Å². The molecule has 3 rings (SSSR count). The van der Waals surface area contributed by atoms with Crippen LogP contribution in [-0.4, -0.2) is 18.1 Å². The quantitative estimate of drug-likeness (QED) is 0.735. The van der Waals surface area contributed by atoms with Gasteiger partial charge in [0.05, 0.1) is 0 Å². The van der Waals surface area contributed by atoms with Gasteiger partial charge < -0.3 is 5.32 Å². The molecule has 2 aromatic rings. The fourth-order valence-corrected chi connectivity index (χ4v) is 3.24. The molecule has 0 amide bonds. The van der Waals surface area contributed by atoms with E-state index in [0.29, 0.717) is 11.3 Å². The number of hydrogen-bond acceptors (Lipinski definition) is 2. The second-order valence-electron chi connectivity index (χ2n) is 5.93. The van der Waals surface area contributed by atoms with Gasteiger partial charge in [-0.3, -0.25) is 0 Å². The average molecular weight is 297 g/mol. The molecule has 0 spiro atoms. The molecule has 0 heterocycles. The van der Waals surface area contributed by atoms with Crippen LogP contribution >= 0.6 is 11.8 Å². The van der Waals surface area contributed by atoms with E-state index in [0.717, 1.165) is 13.0 Å². The second kappa shape index (κ2) is 6.25. The molecule has 0 saturated carbocycles. The van der Waals surface area contributed by atoms with E-state index in [1.807, 2.05) is 11.8 Å². The first-order valence-corrected chi connectivity index (χ1v) is 8.95. The van der Waals surface area contributed by atoms with E-state index in [4.69, 9.17) is 0 Å². The van der Waals surface area contributed by atoms with Gasteiger partial charge >= 0.3 is 0 Å². The van der Waals surface area contributed by atoms with Crippen LogP contribution in [0.25, 0.3) is 11.1 Å². The molecule has 0 aromatic heterocycles. The van der Waals surface area contributed by atoms with Crippen molar-refractivity contribution in [1.82, 2.24) is 5.32 Å². The third-order valence-corrected chi connectivity index (χ3v) is 5.40. The summed E-state index contributed by atoms with van der Waals surface area (Å²) in [6, 6.07) is 16.1. The lowest BCUT2D eigenvalue weighted by molar-refractivity contribution is 0.576. The highest BCUT2D eigenvalue weighted by atomic mass is 32.2. The monoisotopic (exact) mass is 297 g/mol. The Morgan fingerprint density at radius 3 is 2.62 bits per heavy atom. The first-order valence-electron chi connectivity index (χ1n) is 7.66. The lowest BCUT2D eigenvalue weighted by atomic mass is 10.0. The standard InChI is InChI=1S/C19H23NS/c1-13(21-3)12-20-14(2)15-8-9-19-17(10-15)11-16-6-4-5-7-18(16)19/h4-10,13-14,20H,11-12H2,1-3H3. The average Bonchev–Trinajstić information content (AvgIpc) is 2.89. The number of hydrogen-bond donors (Lipinski definition) is 1. The SMILES string of the molecule is CSC(C)CNC(C)c1ccc2c(c1)Cc1ccccc1-2. The third kappa shape index (κ3) is 3.02. The molecule has 0 fully saturated rings. The van der Waals surface area contributed by atoms with Crippen LogP contribution in [0.5, 0.6) is 0 Å². The van der Waals surface area contributed by atoms with Gasteiger partial charge in [0, 0.05) is 17.8 Å². The van der Waals surface area contributed by atoms with Gasteiger partial charge in [0.1, 0.15) is 0 Å². The lowest BCUT2D eigenvalue weighted by Crippen LogP contribution is -2.25. The fraction of sp³-hybridized carbons (Fsp3) is 0.368. The van der Waals surface area contributed by atoms with Crippen LogP contribution in [0, 0.1) is 0 Å². The van der Waals surface area contributed by atoms with E-state index in [1.165, 1.54) is 27.8 Å². The molecule has 0 saturated heterocycles. The van der Waals surface area contributed by atoms with Crippen molar-refractivity contribution < 1.29 is 0 Å². The van der Waals surface area contributed by atoms with Crippen LogP contribution in [0.2, 0.25) is 0 Å². The Balaban J connectivity index is 1.77. The van der Waals surface area contributed by atoms with Crippen molar-refractivity contribution in [3.05, 3.63) is 59.2 Å². The zero-order valence-corrected chi connectivity index (χ0v) is 13.8. The number of thioether (sulfide) groups is 1. The summed E-state index contributed by atoms with van der Waals surface area (Å²) in [5.41, 5.74) is 7.16. The normalized spacial score (nSPS) is 15.4. The van der Waals surface area contributed by atoms with Crippen molar-refractivity contribution in [3.8, 4) is 11.1 Å². The summed E-state index contributed by atoms with van der Waals surface area (Å²) >= 11 is 1.91. The third-order valence-electron chi connectivity index (χ3n) is 4.43. The molecule has 1 nitrogen and oxygen atoms in total. The molecule has 2 heteroatoms. The van der Waals surface area contributed by atoms with Crippen molar-refractivity contribution in [3.63, 3.8) is 0 Å². The van der Waals surface area contributed by atoms with Gasteiger partial charge in [0.2, 0.25) is 0 Å². The molecule has 2 aromatic carbocycles. The Morgan fingerprint density at radius 2 is 1.81 bits per heavy atom. The summed E-state index contributed by atoms with van der Waals surface area (Å²) in [6.45, 7) is 5.58. The number of rotatable bonds is 5. The summed E-state index contributed by atoms with van der Waals surface area (Å²) in [4.78, 5) is 0. The number of benzene rings is 2. The van der Waals surface area contributed by atoms with Gasteiger partial charge in [0.15, 0.2) is 0 Å². The summed E-state index contributed by atoms with van der Waals surface area (Å²) in [5, 5.41) is 4.30. The van der Waals surface area contributed by atoms with Crippen molar-refractivity contribution in [1.29, 1.82) is 0 Å². The van der Waals surface area contributed by atoms with Gasteiger partial charge in [0.25, 0.3) is 0 Å². The van der Waals surface area contributed by atoms with E-state index >= 15 is 0 Å². The first-order chi connectivity index (χ1) is 10.2. The van der Waals surface area contributed by atoms with Gasteiger partial charge in [-0.05, 0) is 47.4 Å². The zero-order chi connectivity index (χ0) is 14.8. The predicted octanol–water partition coefficient (Wildman–Crippen LogP) is 4.66. The second-order valence-corrected chi connectivity index (χ2v) is 7.20. The molecule has 1 aliphatic carbocycles. The van der Waals surface area contributed by atoms with Gasteiger partial charge in [-0.15, -0.1) is 0 Å². The Labute approximate surface area is 132 Å². The van der Waals surface area contributed by atoms with Crippen LogP contribution < -0.4 is 5.32 Å². The van der Waals surface area contributed by atoms with Crippen LogP contribution in [-0.2, 0) is 6.42 Å². The first kappa shape index (κ1) is 14.7. The Morgan fingerprint density at radius 1 is 1.05 bits per heavy atom. The minimum Gasteiger partial charge on any atom is -0.309 e. The van der Waals surface area contributed by atoms with Crippen molar-refractivity contribution >= 4 is 11.8 Å². The maximum absolute atomic E-state index is 3.64. The minimum atomic E-state index is 0.411. The maximum atomic E-state index is 3.64. The molecule has 110 valence electrons. The van der Waals surface area contributed by atoms with E-state index in [-0.39, 0.29) is 0 Å². The van der Waals surface area contributed by atoms with Crippen molar-refractivity contribution in [2.45, 2.75) is 31.6 Å². The molecule has 2 atom stereocenters. The molecule has 21 heavy (non-hydrogen) atoms. The largest absolute Gasteiger partial charge is 0.309 e. The number of fused-ring (bicyclic) bond motifs is 3. The van der Waals surface area contributed by atoms with Gasteiger partial charge in [-0.25, -0.2) is 0 Å². The zero-order valence-electron chi connectivity index (χ0n) is 13.0. The molecular weight excluding hydrogens is 274 g/mol. The molecule has 2 unspecified atom stereocenters. The Kier molecular flexibility index (Phi) is 4.37. The topological polar surface area (TPSA) is 12.0 Å². The summed E-state index contributed by atoms with van der Waals surface area (Å²) < 4.78 is 0. The Hall–Kier alpha value is -1.25. The smallest absolute Gasteiger partial charge is 0.0292 e. The minimum absolute atomic E-state index is 0.411. The highest BCUT2D eigenvalue weighted by Crippen LogP contribution is 2.37. The van der Waals surface area contributed by atoms with Gasteiger partial charge in [-0.1, -0.05) is 49.4 Å². The van der Waals surface area contributed by atoms with Crippen LogP contribution in [0.1, 0.15) is 36.6 Å². The van der Waals surface area contributed by atoms with E-state index in [9.17, 15) is 0 Å². The number of nitrogens with one attached hydrogen (secondary N) is 1. The summed E-state index contributed by atoms with van der Waals surface area (Å²) in [5.74, 6) is 0. The van der Waals surface area contributed by atoms with E-state index < -0.39 is 0 Å². The molecule has 1 N–H and O–H groups in total. The molecule has 0 radical (unpaired) electrons. The van der Waals surface area contributed by atoms with E-state index in [2.05, 4.69) is 67.9 Å². The molecule has 1 aliphatic rings. The molecule has 0 aliphatic heterocycles. The highest BCUT2D eigenvalue weighted by Gasteiger charge is 2.18. The summed E-state index contributed by atoms with van der Waals surface area (Å²) in [7, 11) is 0. The lowest BCUT2D eigenvalue weighted by Gasteiger charge is -2.18. The molecular formula is C19H23NS. The Bertz CT molecular complexity index is 635. The van der Waals surface area contributed by atoms with Crippen LogP contribution in [0.3, 0.4) is 0 Å². The summed E-state index contributed by atoms with van der Waals surface area (Å²) in [6.07, 6.45) is 3.25. The maximum Gasteiger partial charge on any atom is 0.0292 e. The van der Waals surface area contributed by atoms with Crippen molar-refractivity contribution in [2.75, 3.05) is 12.8 Å². The van der Waals surface area contributed by atoms with Crippen LogP contribution in [0.4, 0.5) is 0 Å².